The number of hydrogen-bond donors (Lipinski definition) is 2. The standard InChI is InChI=1S/C18H19N5OS2/c19-18-22-13(10-25-18)5-8-21-16(24)12-1-2-15-14(9-12)23-17(26-15)11-3-6-20-7-4-11/h3-4,6-7,10,12H,1-2,5,8-9H2,(H2,19,22)(H,21,24). The number of carbonyl (C=O) groups is 1. The van der Waals surface area contributed by atoms with E-state index in [4.69, 9.17) is 10.7 Å². The summed E-state index contributed by atoms with van der Waals surface area (Å²) in [6, 6.07) is 3.94. The molecule has 6 nitrogen and oxygen atoms in total. The Labute approximate surface area is 159 Å². The Bertz CT molecular complexity index is 905. The van der Waals surface area contributed by atoms with Crippen molar-refractivity contribution in [3.63, 3.8) is 0 Å². The molecule has 3 N–H and O–H groups in total. The molecule has 0 aromatic carbocycles. The summed E-state index contributed by atoms with van der Waals surface area (Å²) in [5, 5.41) is 6.55. The lowest BCUT2D eigenvalue weighted by molar-refractivity contribution is -0.125. The molecule has 1 atom stereocenters. The van der Waals surface area contributed by atoms with Gasteiger partial charge in [-0.1, -0.05) is 0 Å². The summed E-state index contributed by atoms with van der Waals surface area (Å²) < 4.78 is 0. The van der Waals surface area contributed by atoms with Crippen molar-refractivity contribution < 1.29 is 4.79 Å². The Kier molecular flexibility index (Phi) is 4.94. The van der Waals surface area contributed by atoms with E-state index in [1.54, 1.807) is 23.7 Å². The summed E-state index contributed by atoms with van der Waals surface area (Å²) in [7, 11) is 0. The van der Waals surface area contributed by atoms with Crippen LogP contribution in [0.5, 0.6) is 0 Å². The molecule has 0 bridgehead atoms. The first-order chi connectivity index (χ1) is 12.7. The molecule has 0 saturated heterocycles. The highest BCUT2D eigenvalue weighted by molar-refractivity contribution is 7.15. The number of nitrogens with two attached hydrogens (primary N) is 1. The van der Waals surface area contributed by atoms with Crippen LogP contribution in [0.1, 0.15) is 22.7 Å². The van der Waals surface area contributed by atoms with Crippen molar-refractivity contribution in [1.82, 2.24) is 20.3 Å². The summed E-state index contributed by atoms with van der Waals surface area (Å²) in [6.07, 6.45) is 6.77. The minimum atomic E-state index is -0.00427. The number of rotatable bonds is 5. The quantitative estimate of drug-likeness (QED) is 0.704. The highest BCUT2D eigenvalue weighted by Gasteiger charge is 2.27. The average Bonchev–Trinajstić information content (AvgIpc) is 3.27. The molecule has 4 rings (SSSR count). The van der Waals surface area contributed by atoms with Gasteiger partial charge >= 0.3 is 0 Å². The normalized spacial score (nSPS) is 16.2. The predicted octanol–water partition coefficient (Wildman–Crippen LogP) is 2.71. The number of aromatic nitrogens is 3. The average molecular weight is 386 g/mol. The number of carbonyl (C=O) groups excluding carboxylic acids is 1. The molecule has 1 aliphatic rings. The maximum absolute atomic E-state index is 12.5. The van der Waals surface area contributed by atoms with Crippen LogP contribution in [0.2, 0.25) is 0 Å². The summed E-state index contributed by atoms with van der Waals surface area (Å²) in [5.74, 6) is 0.104. The highest BCUT2D eigenvalue weighted by atomic mass is 32.1. The van der Waals surface area contributed by atoms with E-state index < -0.39 is 0 Å². The van der Waals surface area contributed by atoms with E-state index in [0.717, 1.165) is 34.8 Å². The maximum atomic E-state index is 12.5. The van der Waals surface area contributed by atoms with Crippen LogP contribution in [0.15, 0.2) is 29.9 Å². The first-order valence-corrected chi connectivity index (χ1v) is 10.2. The zero-order chi connectivity index (χ0) is 17.9. The van der Waals surface area contributed by atoms with Gasteiger partial charge in [0.1, 0.15) is 5.01 Å². The van der Waals surface area contributed by atoms with Crippen LogP contribution in [0.3, 0.4) is 0 Å². The number of anilines is 1. The molecular weight excluding hydrogens is 366 g/mol. The fraction of sp³-hybridized carbons (Fsp3) is 0.333. The molecule has 8 heteroatoms. The van der Waals surface area contributed by atoms with E-state index >= 15 is 0 Å². The summed E-state index contributed by atoms with van der Waals surface area (Å²) in [5.41, 5.74) is 8.71. The number of aryl methyl sites for hydroxylation is 1. The van der Waals surface area contributed by atoms with Crippen molar-refractivity contribution in [3.8, 4) is 10.6 Å². The number of thiazole rings is 2. The molecule has 1 amide bonds. The third kappa shape index (κ3) is 3.76. The molecule has 1 unspecified atom stereocenters. The van der Waals surface area contributed by atoms with Gasteiger partial charge in [0, 0.05) is 53.5 Å². The van der Waals surface area contributed by atoms with Gasteiger partial charge in [0.25, 0.3) is 0 Å². The zero-order valence-corrected chi connectivity index (χ0v) is 15.8. The molecule has 26 heavy (non-hydrogen) atoms. The van der Waals surface area contributed by atoms with Crippen molar-refractivity contribution in [2.24, 2.45) is 5.92 Å². The van der Waals surface area contributed by atoms with Gasteiger partial charge in [-0.3, -0.25) is 9.78 Å². The number of hydrogen-bond acceptors (Lipinski definition) is 7. The minimum Gasteiger partial charge on any atom is -0.375 e. The number of amides is 1. The van der Waals surface area contributed by atoms with Gasteiger partial charge in [0.15, 0.2) is 5.13 Å². The highest BCUT2D eigenvalue weighted by Crippen LogP contribution is 2.34. The van der Waals surface area contributed by atoms with Crippen LogP contribution in [0, 0.1) is 5.92 Å². The number of pyridine rings is 1. The fourth-order valence-corrected chi connectivity index (χ4v) is 4.82. The van der Waals surface area contributed by atoms with E-state index in [0.29, 0.717) is 24.5 Å². The van der Waals surface area contributed by atoms with Gasteiger partial charge in [0.05, 0.1) is 11.4 Å². The number of nitrogens with zero attached hydrogens (tertiary/aromatic N) is 3. The van der Waals surface area contributed by atoms with Gasteiger partial charge in [0.2, 0.25) is 5.91 Å². The SMILES string of the molecule is Nc1nc(CCNC(=O)C2CCc3sc(-c4ccncc4)nc3C2)cs1. The van der Waals surface area contributed by atoms with Gasteiger partial charge in [-0.25, -0.2) is 9.97 Å². The molecular formula is C18H19N5OS2. The third-order valence-electron chi connectivity index (χ3n) is 4.49. The monoisotopic (exact) mass is 385 g/mol. The summed E-state index contributed by atoms with van der Waals surface area (Å²) in [4.78, 5) is 26.8. The van der Waals surface area contributed by atoms with Gasteiger partial charge in [-0.2, -0.15) is 0 Å². The second-order valence-corrected chi connectivity index (χ2v) is 8.26. The number of nitrogens with one attached hydrogen (secondary N) is 1. The van der Waals surface area contributed by atoms with E-state index in [9.17, 15) is 4.79 Å². The lowest BCUT2D eigenvalue weighted by Gasteiger charge is -2.20. The van der Waals surface area contributed by atoms with Crippen molar-refractivity contribution in [3.05, 3.63) is 46.2 Å². The third-order valence-corrected chi connectivity index (χ3v) is 6.41. The topological polar surface area (TPSA) is 93.8 Å². The van der Waals surface area contributed by atoms with Crippen molar-refractivity contribution >= 4 is 33.7 Å². The van der Waals surface area contributed by atoms with E-state index in [1.165, 1.54) is 16.2 Å². The second-order valence-electron chi connectivity index (χ2n) is 6.28. The second kappa shape index (κ2) is 7.51. The molecule has 0 saturated carbocycles. The molecule has 3 heterocycles. The maximum Gasteiger partial charge on any atom is 0.223 e. The summed E-state index contributed by atoms with van der Waals surface area (Å²) >= 11 is 3.16. The lowest BCUT2D eigenvalue weighted by atomic mass is 9.90. The van der Waals surface area contributed by atoms with Crippen LogP contribution in [0.25, 0.3) is 10.6 Å². The first kappa shape index (κ1) is 17.1. The van der Waals surface area contributed by atoms with Crippen LogP contribution in [-0.2, 0) is 24.1 Å². The Morgan fingerprint density at radius 1 is 1.31 bits per heavy atom. The number of nitrogen functional groups attached to an aromatic ring is 1. The number of fused-ring (bicyclic) bond motifs is 1. The molecule has 3 aromatic heterocycles. The minimum absolute atomic E-state index is 0.00427. The van der Waals surface area contributed by atoms with E-state index in [1.807, 2.05) is 17.5 Å². The summed E-state index contributed by atoms with van der Waals surface area (Å²) in [6.45, 7) is 0.588. The predicted molar refractivity (Wildman–Crippen MR) is 104 cm³/mol. The van der Waals surface area contributed by atoms with Gasteiger partial charge in [-0.15, -0.1) is 22.7 Å². The molecule has 0 aliphatic heterocycles. The molecule has 3 aromatic rings. The van der Waals surface area contributed by atoms with Crippen LogP contribution in [-0.4, -0.2) is 27.4 Å². The smallest absolute Gasteiger partial charge is 0.223 e. The van der Waals surface area contributed by atoms with Crippen molar-refractivity contribution in [1.29, 1.82) is 0 Å². The Hall–Kier alpha value is -2.32. The fourth-order valence-electron chi connectivity index (χ4n) is 3.12. The van der Waals surface area contributed by atoms with Crippen molar-refractivity contribution in [2.45, 2.75) is 25.7 Å². The van der Waals surface area contributed by atoms with Crippen molar-refractivity contribution in [2.75, 3.05) is 12.3 Å². The molecule has 0 radical (unpaired) electrons. The van der Waals surface area contributed by atoms with E-state index in [2.05, 4.69) is 15.3 Å². The Balaban J connectivity index is 1.35. The first-order valence-electron chi connectivity index (χ1n) is 8.55. The Morgan fingerprint density at radius 3 is 2.92 bits per heavy atom. The lowest BCUT2D eigenvalue weighted by Crippen LogP contribution is -2.35. The molecule has 1 aliphatic carbocycles. The van der Waals surface area contributed by atoms with E-state index in [-0.39, 0.29) is 11.8 Å². The Morgan fingerprint density at radius 2 is 2.15 bits per heavy atom. The molecule has 0 spiro atoms. The van der Waals surface area contributed by atoms with Crippen LogP contribution in [0.4, 0.5) is 5.13 Å². The van der Waals surface area contributed by atoms with Gasteiger partial charge < -0.3 is 11.1 Å². The zero-order valence-electron chi connectivity index (χ0n) is 14.1. The molecule has 134 valence electrons. The van der Waals surface area contributed by atoms with Crippen LogP contribution >= 0.6 is 22.7 Å². The van der Waals surface area contributed by atoms with Crippen LogP contribution < -0.4 is 11.1 Å². The van der Waals surface area contributed by atoms with Gasteiger partial charge in [-0.05, 0) is 25.0 Å². The molecule has 0 fully saturated rings. The largest absolute Gasteiger partial charge is 0.375 e.